The van der Waals surface area contributed by atoms with Crippen LogP contribution in [0.4, 0.5) is 13.2 Å². The van der Waals surface area contributed by atoms with Crippen LogP contribution in [0.5, 0.6) is 0 Å². The van der Waals surface area contributed by atoms with Gasteiger partial charge in [0, 0.05) is 19.1 Å². The highest BCUT2D eigenvalue weighted by molar-refractivity contribution is 5.10. The summed E-state index contributed by atoms with van der Waals surface area (Å²) in [4.78, 5) is 3.40. The average Bonchev–Trinajstić information content (AvgIpc) is 2.45. The van der Waals surface area contributed by atoms with Crippen LogP contribution in [0.3, 0.4) is 0 Å². The third-order valence-corrected chi connectivity index (χ3v) is 2.28. The molecule has 0 saturated carbocycles. The van der Waals surface area contributed by atoms with Crippen LogP contribution in [0.2, 0.25) is 0 Å². The number of aromatic nitrogens is 2. The van der Waals surface area contributed by atoms with Crippen molar-refractivity contribution in [3.05, 3.63) is 17.7 Å². The summed E-state index contributed by atoms with van der Waals surface area (Å²) < 4.78 is 38.5. The Morgan fingerprint density at radius 1 is 1.57 bits per heavy atom. The molecule has 1 N–H and O–H groups in total. The van der Waals surface area contributed by atoms with Gasteiger partial charge in [-0.1, -0.05) is 0 Å². The smallest absolute Gasteiger partial charge is 0.322 e. The van der Waals surface area contributed by atoms with Gasteiger partial charge in [0.05, 0.1) is 11.9 Å². The van der Waals surface area contributed by atoms with E-state index in [1.165, 1.54) is 10.8 Å². The number of nitrogens with zero attached hydrogens (tertiary/aromatic N) is 2. The van der Waals surface area contributed by atoms with Gasteiger partial charge in [0.1, 0.15) is 0 Å². The van der Waals surface area contributed by atoms with Crippen molar-refractivity contribution < 1.29 is 13.2 Å². The molecule has 1 atom stereocenters. The lowest BCUT2D eigenvalue weighted by molar-refractivity contribution is -0.147. The Morgan fingerprint density at radius 3 is 2.93 bits per heavy atom. The second-order valence-electron chi connectivity index (χ2n) is 3.46. The summed E-state index contributed by atoms with van der Waals surface area (Å²) in [6.07, 6.45) is -3.07. The topological polar surface area (TPSA) is 29.9 Å². The predicted molar refractivity (Wildman–Crippen MR) is 43.5 cm³/mol. The van der Waals surface area contributed by atoms with Crippen molar-refractivity contribution in [1.82, 2.24) is 14.9 Å². The maximum atomic E-state index is 12.4. The Kier molecular flexibility index (Phi) is 2.02. The highest BCUT2D eigenvalue weighted by Crippen LogP contribution is 2.29. The molecule has 0 spiro atoms. The standard InChI is InChI=1S/C8H10F3N3/c1-5-4-14-6(2-12-5)3-13-7(14)8(9,10)11/h3,5,12H,2,4H2,1H3/t5-/m0/s1. The molecule has 0 saturated heterocycles. The first-order valence-electron chi connectivity index (χ1n) is 4.33. The van der Waals surface area contributed by atoms with Crippen LogP contribution >= 0.6 is 0 Å². The fourth-order valence-electron chi connectivity index (χ4n) is 1.60. The van der Waals surface area contributed by atoms with E-state index in [-0.39, 0.29) is 6.04 Å². The molecule has 1 aromatic rings. The second kappa shape index (κ2) is 2.98. The predicted octanol–water partition coefficient (Wildman–Crippen LogP) is 1.39. The highest BCUT2D eigenvalue weighted by Gasteiger charge is 2.38. The first kappa shape index (κ1) is 9.51. The molecule has 3 nitrogen and oxygen atoms in total. The molecule has 1 aromatic heterocycles. The maximum absolute atomic E-state index is 12.4. The van der Waals surface area contributed by atoms with Gasteiger partial charge in [0.2, 0.25) is 5.82 Å². The van der Waals surface area contributed by atoms with Crippen molar-refractivity contribution in [3.63, 3.8) is 0 Å². The molecular formula is C8H10F3N3. The van der Waals surface area contributed by atoms with Gasteiger partial charge in [-0.3, -0.25) is 0 Å². The van der Waals surface area contributed by atoms with Gasteiger partial charge >= 0.3 is 6.18 Å². The third-order valence-electron chi connectivity index (χ3n) is 2.28. The lowest BCUT2D eigenvalue weighted by Gasteiger charge is -2.24. The summed E-state index contributed by atoms with van der Waals surface area (Å²) in [7, 11) is 0. The SMILES string of the molecule is C[C@H]1Cn2c(cnc2C(F)(F)F)CN1. The average molecular weight is 205 g/mol. The van der Waals surface area contributed by atoms with E-state index >= 15 is 0 Å². The molecule has 1 aliphatic heterocycles. The molecule has 2 rings (SSSR count). The second-order valence-corrected chi connectivity index (χ2v) is 3.46. The molecule has 6 heteroatoms. The monoisotopic (exact) mass is 205 g/mol. The van der Waals surface area contributed by atoms with E-state index in [0.717, 1.165) is 0 Å². The van der Waals surface area contributed by atoms with Gasteiger partial charge in [-0.15, -0.1) is 0 Å². The number of halogens is 3. The Morgan fingerprint density at radius 2 is 2.29 bits per heavy atom. The lowest BCUT2D eigenvalue weighted by atomic mass is 10.2. The summed E-state index contributed by atoms with van der Waals surface area (Å²) in [6.45, 7) is 2.62. The minimum atomic E-state index is -4.35. The quantitative estimate of drug-likeness (QED) is 0.693. The molecule has 2 heterocycles. The van der Waals surface area contributed by atoms with Crippen molar-refractivity contribution in [2.75, 3.05) is 0 Å². The molecule has 0 aromatic carbocycles. The molecule has 0 unspecified atom stereocenters. The largest absolute Gasteiger partial charge is 0.449 e. The van der Waals surface area contributed by atoms with Crippen LogP contribution in [-0.2, 0) is 19.3 Å². The van der Waals surface area contributed by atoms with Crippen LogP contribution in [0.1, 0.15) is 18.4 Å². The maximum Gasteiger partial charge on any atom is 0.449 e. The van der Waals surface area contributed by atoms with Crippen molar-refractivity contribution in [3.8, 4) is 0 Å². The van der Waals surface area contributed by atoms with Crippen LogP contribution in [0.15, 0.2) is 6.20 Å². The minimum Gasteiger partial charge on any atom is -0.322 e. The first-order chi connectivity index (χ1) is 6.48. The number of fused-ring (bicyclic) bond motifs is 1. The molecule has 14 heavy (non-hydrogen) atoms. The van der Waals surface area contributed by atoms with Gasteiger partial charge in [0.15, 0.2) is 0 Å². The van der Waals surface area contributed by atoms with E-state index in [2.05, 4.69) is 10.3 Å². The van der Waals surface area contributed by atoms with E-state index in [9.17, 15) is 13.2 Å². The summed E-state index contributed by atoms with van der Waals surface area (Å²) in [5, 5.41) is 3.07. The molecule has 0 amide bonds. The Bertz CT molecular complexity index is 342. The van der Waals surface area contributed by atoms with E-state index in [0.29, 0.717) is 18.8 Å². The fourth-order valence-corrected chi connectivity index (χ4v) is 1.60. The molecule has 0 radical (unpaired) electrons. The van der Waals surface area contributed by atoms with E-state index in [1.807, 2.05) is 6.92 Å². The van der Waals surface area contributed by atoms with Crippen molar-refractivity contribution >= 4 is 0 Å². The lowest BCUT2D eigenvalue weighted by Crippen LogP contribution is -2.37. The highest BCUT2D eigenvalue weighted by atomic mass is 19.4. The van der Waals surface area contributed by atoms with Crippen LogP contribution in [0, 0.1) is 0 Å². The Balaban J connectivity index is 2.41. The van der Waals surface area contributed by atoms with Crippen molar-refractivity contribution in [2.45, 2.75) is 32.2 Å². The Labute approximate surface area is 78.9 Å². The fraction of sp³-hybridized carbons (Fsp3) is 0.625. The summed E-state index contributed by atoms with van der Waals surface area (Å²) in [5.74, 6) is -0.791. The zero-order valence-electron chi connectivity index (χ0n) is 7.60. The van der Waals surface area contributed by atoms with Gasteiger partial charge < -0.3 is 9.88 Å². The molecular weight excluding hydrogens is 195 g/mol. The van der Waals surface area contributed by atoms with Crippen molar-refractivity contribution in [2.24, 2.45) is 0 Å². The first-order valence-corrected chi connectivity index (χ1v) is 4.33. The number of nitrogens with one attached hydrogen (secondary N) is 1. The molecule has 0 fully saturated rings. The van der Waals surface area contributed by atoms with Gasteiger partial charge in [-0.2, -0.15) is 13.2 Å². The summed E-state index contributed by atoms with van der Waals surface area (Å²) in [6, 6.07) is 0.0535. The number of imidazole rings is 1. The van der Waals surface area contributed by atoms with Crippen LogP contribution in [-0.4, -0.2) is 15.6 Å². The third kappa shape index (κ3) is 1.50. The summed E-state index contributed by atoms with van der Waals surface area (Å²) >= 11 is 0. The Hall–Kier alpha value is -1.04. The molecule has 0 aliphatic carbocycles. The van der Waals surface area contributed by atoms with E-state index in [4.69, 9.17) is 0 Å². The number of hydrogen-bond acceptors (Lipinski definition) is 2. The number of alkyl halides is 3. The van der Waals surface area contributed by atoms with E-state index in [1.54, 1.807) is 0 Å². The molecule has 78 valence electrons. The van der Waals surface area contributed by atoms with Crippen molar-refractivity contribution in [1.29, 1.82) is 0 Å². The number of rotatable bonds is 0. The summed E-state index contributed by atoms with van der Waals surface area (Å²) in [5.41, 5.74) is 0.593. The van der Waals surface area contributed by atoms with Crippen LogP contribution < -0.4 is 5.32 Å². The molecule has 0 bridgehead atoms. The zero-order chi connectivity index (χ0) is 10.3. The zero-order valence-corrected chi connectivity index (χ0v) is 7.60. The van der Waals surface area contributed by atoms with Gasteiger partial charge in [-0.05, 0) is 6.92 Å². The van der Waals surface area contributed by atoms with E-state index < -0.39 is 12.0 Å². The van der Waals surface area contributed by atoms with Crippen LogP contribution in [0.25, 0.3) is 0 Å². The molecule has 1 aliphatic rings. The minimum absolute atomic E-state index is 0.0535. The normalized spacial score (nSPS) is 22.1. The van der Waals surface area contributed by atoms with Gasteiger partial charge in [-0.25, -0.2) is 4.98 Å². The van der Waals surface area contributed by atoms with Gasteiger partial charge in [0.25, 0.3) is 0 Å². The number of hydrogen-bond donors (Lipinski definition) is 1.